The van der Waals surface area contributed by atoms with E-state index in [1.54, 1.807) is 12.1 Å². The Morgan fingerprint density at radius 1 is 0.508 bits per heavy atom. The van der Waals surface area contributed by atoms with Crippen LogP contribution in [-0.2, 0) is 20.9 Å². The Morgan fingerprint density at radius 3 is 1.25 bits per heavy atom. The zero-order valence-corrected chi connectivity index (χ0v) is 37.1. The van der Waals surface area contributed by atoms with Crippen LogP contribution in [0.1, 0.15) is 141 Å². The molecule has 2 fully saturated rings. The highest BCUT2D eigenvalue weighted by Crippen LogP contribution is 2.49. The summed E-state index contributed by atoms with van der Waals surface area (Å²) < 4.78 is 31.0. The van der Waals surface area contributed by atoms with E-state index in [0.29, 0.717) is 5.69 Å². The van der Waals surface area contributed by atoms with E-state index in [1.807, 2.05) is 27.7 Å². The summed E-state index contributed by atoms with van der Waals surface area (Å²) in [5, 5.41) is 3.14. The summed E-state index contributed by atoms with van der Waals surface area (Å²) in [6.07, 6.45) is 11.2. The lowest BCUT2D eigenvalue weighted by atomic mass is 9.64. The van der Waals surface area contributed by atoms with E-state index in [-0.39, 0.29) is 27.2 Å². The zero-order valence-electron chi connectivity index (χ0n) is 36.3. The fraction of sp³-hybridized carbons (Fsp3) is 0.392. The van der Waals surface area contributed by atoms with Gasteiger partial charge >= 0.3 is 0 Å². The minimum atomic E-state index is -4.04. The number of rotatable bonds is 9. The first-order valence-corrected chi connectivity index (χ1v) is 22.9. The maximum Gasteiger partial charge on any atom is 0.261 e. The van der Waals surface area contributed by atoms with Gasteiger partial charge in [0.15, 0.2) is 0 Å². The number of hydrogen-bond donors (Lipinski definition) is 4. The number of benzene rings is 5. The number of amides is 1. The molecular weight excluding hydrogens is 749 g/mol. The summed E-state index contributed by atoms with van der Waals surface area (Å²) in [6.45, 7) is 16.3. The van der Waals surface area contributed by atoms with Crippen LogP contribution in [0, 0.1) is 55.4 Å². The average molecular weight is 811 g/mol. The van der Waals surface area contributed by atoms with Gasteiger partial charge < -0.3 is 16.8 Å². The van der Waals surface area contributed by atoms with Crippen molar-refractivity contribution in [2.75, 3.05) is 21.5 Å². The van der Waals surface area contributed by atoms with Crippen LogP contribution in [0.5, 0.6) is 0 Å². The van der Waals surface area contributed by atoms with Gasteiger partial charge in [0.2, 0.25) is 0 Å². The Kier molecular flexibility index (Phi) is 11.5. The SMILES string of the molecule is Cc1cc(C2(c3cc(C)c(NC(=O)c4cccc(S(=O)(=O)Nc5c(C)cc(C6(c7cc(C)c(N)c(C)c7)CCCCC6)cc5C)c4)c(C)c3)CCCCC2)cc(C)c1N. The fourth-order valence-corrected chi connectivity index (χ4v) is 11.6. The lowest BCUT2D eigenvalue weighted by Gasteiger charge is -2.40. The van der Waals surface area contributed by atoms with E-state index in [1.165, 1.54) is 47.2 Å². The molecule has 1 amide bonds. The smallest absolute Gasteiger partial charge is 0.261 e. The molecule has 2 aliphatic rings. The summed E-state index contributed by atoms with van der Waals surface area (Å²) in [7, 11) is -4.04. The summed E-state index contributed by atoms with van der Waals surface area (Å²) in [4.78, 5) is 13.9. The van der Waals surface area contributed by atoms with Crippen molar-refractivity contribution < 1.29 is 13.2 Å². The third kappa shape index (κ3) is 7.88. The number of hydrogen-bond acceptors (Lipinski definition) is 5. The van der Waals surface area contributed by atoms with Crippen molar-refractivity contribution in [3.8, 4) is 0 Å². The third-order valence-corrected chi connectivity index (χ3v) is 15.1. The van der Waals surface area contributed by atoms with Crippen molar-refractivity contribution in [2.45, 2.75) is 135 Å². The molecule has 7 rings (SSSR count). The maximum absolute atomic E-state index is 14.1. The van der Waals surface area contributed by atoms with Crippen LogP contribution in [0.4, 0.5) is 22.7 Å². The summed E-state index contributed by atoms with van der Waals surface area (Å²) in [5.74, 6) is -0.360. The molecule has 8 heteroatoms. The average Bonchev–Trinajstić information content (AvgIpc) is 3.21. The molecule has 2 aliphatic carbocycles. The van der Waals surface area contributed by atoms with Crippen molar-refractivity contribution in [2.24, 2.45) is 0 Å². The Morgan fingerprint density at radius 2 is 0.864 bits per heavy atom. The van der Waals surface area contributed by atoms with E-state index in [4.69, 9.17) is 11.5 Å². The number of sulfonamides is 1. The van der Waals surface area contributed by atoms with Crippen LogP contribution in [-0.4, -0.2) is 14.3 Å². The highest BCUT2D eigenvalue weighted by atomic mass is 32.2. The van der Waals surface area contributed by atoms with Crippen LogP contribution in [0.15, 0.2) is 77.7 Å². The molecule has 0 aromatic heterocycles. The first-order valence-electron chi connectivity index (χ1n) is 21.4. The first kappa shape index (κ1) is 42.1. The Balaban J connectivity index is 1.14. The molecule has 5 aromatic rings. The number of anilines is 4. The number of carbonyl (C=O) groups excluding carboxylic acids is 1. The van der Waals surface area contributed by atoms with E-state index in [2.05, 4.69) is 86.3 Å². The molecule has 0 radical (unpaired) electrons. The van der Waals surface area contributed by atoms with Crippen LogP contribution in [0.25, 0.3) is 0 Å². The van der Waals surface area contributed by atoms with Crippen molar-refractivity contribution in [1.29, 1.82) is 0 Å². The van der Waals surface area contributed by atoms with Gasteiger partial charge in [0.1, 0.15) is 0 Å². The molecule has 5 aromatic carbocycles. The molecule has 0 heterocycles. The second-order valence-electron chi connectivity index (χ2n) is 17.9. The minimum absolute atomic E-state index is 0.0294. The Labute approximate surface area is 352 Å². The first-order chi connectivity index (χ1) is 28.0. The molecule has 7 nitrogen and oxygen atoms in total. The molecular formula is C51H62N4O3S. The fourth-order valence-electron chi connectivity index (χ4n) is 10.3. The zero-order chi connectivity index (χ0) is 42.4. The topological polar surface area (TPSA) is 127 Å². The number of nitrogens with two attached hydrogens (primary N) is 2. The highest BCUT2D eigenvalue weighted by molar-refractivity contribution is 7.92. The van der Waals surface area contributed by atoms with Gasteiger partial charge in [-0.1, -0.05) is 93.1 Å². The van der Waals surface area contributed by atoms with E-state index in [9.17, 15) is 13.2 Å². The van der Waals surface area contributed by atoms with Gasteiger partial charge in [-0.2, -0.15) is 0 Å². The second kappa shape index (κ2) is 16.2. The molecule has 59 heavy (non-hydrogen) atoms. The van der Waals surface area contributed by atoms with Gasteiger partial charge in [-0.3, -0.25) is 9.52 Å². The summed E-state index contributed by atoms with van der Waals surface area (Å²) >= 11 is 0. The van der Waals surface area contributed by atoms with Crippen molar-refractivity contribution >= 4 is 38.7 Å². The lowest BCUT2D eigenvalue weighted by Crippen LogP contribution is -2.31. The number of nitrogens with one attached hydrogen (secondary N) is 2. The molecule has 6 N–H and O–H groups in total. The van der Waals surface area contributed by atoms with Crippen molar-refractivity contribution in [3.63, 3.8) is 0 Å². The largest absolute Gasteiger partial charge is 0.398 e. The minimum Gasteiger partial charge on any atom is -0.398 e. The van der Waals surface area contributed by atoms with Crippen LogP contribution in [0.3, 0.4) is 0 Å². The molecule has 0 unspecified atom stereocenters. The Bertz CT molecular complexity index is 2470. The quantitative estimate of drug-likeness (QED) is 0.110. The molecule has 310 valence electrons. The maximum atomic E-state index is 14.1. The van der Waals surface area contributed by atoms with Crippen molar-refractivity contribution in [1.82, 2.24) is 0 Å². The van der Waals surface area contributed by atoms with Crippen LogP contribution < -0.4 is 21.5 Å². The van der Waals surface area contributed by atoms with Gasteiger partial charge in [0.05, 0.1) is 10.6 Å². The Hall–Kier alpha value is -5.08. The summed E-state index contributed by atoms with van der Waals surface area (Å²) in [6, 6.07) is 24.1. The number of aryl methyl sites for hydroxylation is 8. The molecule has 0 bridgehead atoms. The predicted molar refractivity (Wildman–Crippen MR) is 245 cm³/mol. The monoisotopic (exact) mass is 810 g/mol. The lowest BCUT2D eigenvalue weighted by molar-refractivity contribution is 0.102. The summed E-state index contributed by atoms with van der Waals surface area (Å²) in [5.41, 5.74) is 28.8. The van der Waals surface area contributed by atoms with E-state index < -0.39 is 10.0 Å². The normalized spacial score (nSPS) is 16.4. The highest BCUT2D eigenvalue weighted by Gasteiger charge is 2.38. The number of nitrogen functional groups attached to an aromatic ring is 2. The molecule has 0 atom stereocenters. The third-order valence-electron chi connectivity index (χ3n) is 13.8. The molecule has 2 saturated carbocycles. The van der Waals surface area contributed by atoms with Gasteiger partial charge in [-0.05, 0) is 166 Å². The predicted octanol–water partition coefficient (Wildman–Crippen LogP) is 11.9. The van der Waals surface area contributed by atoms with Crippen LogP contribution >= 0.6 is 0 Å². The van der Waals surface area contributed by atoms with Gasteiger partial charge in [0, 0.05) is 33.5 Å². The standard InChI is InChI=1S/C51H62N4O3S/c1-31-22-40(23-32(2)45(31)52)50(18-11-9-12-19-50)42-26-35(5)47(36(6)27-42)54-49(56)39-16-15-17-44(30-39)59(57,58)55-48-37(7)28-43(29-38(48)8)51(20-13-10-14-21-51)41-24-33(3)46(53)34(4)25-41/h15-17,22-30,55H,9-14,18-21,52-53H2,1-8H3,(H,54,56). The van der Waals surface area contributed by atoms with Crippen molar-refractivity contribution in [3.05, 3.63) is 145 Å². The van der Waals surface area contributed by atoms with Gasteiger partial charge in [-0.15, -0.1) is 0 Å². The van der Waals surface area contributed by atoms with Gasteiger partial charge in [-0.25, -0.2) is 8.42 Å². The van der Waals surface area contributed by atoms with E-state index >= 15 is 0 Å². The molecule has 0 saturated heterocycles. The van der Waals surface area contributed by atoms with E-state index in [0.717, 1.165) is 113 Å². The molecule has 0 spiro atoms. The second-order valence-corrected chi connectivity index (χ2v) is 19.6. The van der Waals surface area contributed by atoms with Gasteiger partial charge in [0.25, 0.3) is 15.9 Å². The number of carbonyl (C=O) groups is 1. The molecule has 0 aliphatic heterocycles. The van der Waals surface area contributed by atoms with Crippen LogP contribution in [0.2, 0.25) is 0 Å².